The molecule has 0 aliphatic carbocycles. The fraction of sp³-hybridized carbons (Fsp3) is 0.667. The zero-order chi connectivity index (χ0) is 14.4. The highest BCUT2D eigenvalue weighted by atomic mass is 32.2. The summed E-state index contributed by atoms with van der Waals surface area (Å²) in [6.45, 7) is 2.90. The molecule has 2 heterocycles. The average Bonchev–Trinajstić information content (AvgIpc) is 2.45. The highest BCUT2D eigenvalue weighted by Crippen LogP contribution is 2.07. The van der Waals surface area contributed by atoms with Gasteiger partial charge in [-0.1, -0.05) is 0 Å². The molecule has 7 nitrogen and oxygen atoms in total. The molecular formula is C12H20N4O3S. The van der Waals surface area contributed by atoms with Crippen molar-refractivity contribution in [2.24, 2.45) is 0 Å². The van der Waals surface area contributed by atoms with Crippen molar-refractivity contribution in [3.05, 3.63) is 12.3 Å². The SMILES string of the molecule is COc1ccnc(NCCCN2CCS(=O)(=O)CC2)n1. The maximum atomic E-state index is 11.3. The van der Waals surface area contributed by atoms with Gasteiger partial charge in [0.2, 0.25) is 11.8 Å². The van der Waals surface area contributed by atoms with E-state index in [1.165, 1.54) is 0 Å². The van der Waals surface area contributed by atoms with Gasteiger partial charge in [-0.25, -0.2) is 13.4 Å². The zero-order valence-electron chi connectivity index (χ0n) is 11.6. The van der Waals surface area contributed by atoms with Crippen LogP contribution < -0.4 is 10.1 Å². The van der Waals surface area contributed by atoms with E-state index in [-0.39, 0.29) is 11.5 Å². The number of aromatic nitrogens is 2. The molecule has 1 aliphatic heterocycles. The number of ether oxygens (including phenoxy) is 1. The van der Waals surface area contributed by atoms with E-state index in [0.29, 0.717) is 24.9 Å². The topological polar surface area (TPSA) is 84.4 Å². The van der Waals surface area contributed by atoms with Crippen LogP contribution in [0, 0.1) is 0 Å². The predicted octanol–water partition coefficient (Wildman–Crippen LogP) is 0.0176. The van der Waals surface area contributed by atoms with Gasteiger partial charge in [0.05, 0.1) is 18.6 Å². The van der Waals surface area contributed by atoms with E-state index >= 15 is 0 Å². The smallest absolute Gasteiger partial charge is 0.225 e. The second kappa shape index (κ2) is 6.85. The molecule has 0 saturated carbocycles. The first kappa shape index (κ1) is 15.0. The van der Waals surface area contributed by atoms with Crippen molar-refractivity contribution in [1.29, 1.82) is 0 Å². The fourth-order valence-corrected chi connectivity index (χ4v) is 3.29. The Bertz CT molecular complexity index is 521. The number of methoxy groups -OCH3 is 1. The Morgan fingerprint density at radius 3 is 2.85 bits per heavy atom. The average molecular weight is 300 g/mol. The Hall–Kier alpha value is -1.41. The van der Waals surface area contributed by atoms with Gasteiger partial charge in [0.15, 0.2) is 9.84 Å². The second-order valence-electron chi connectivity index (χ2n) is 4.70. The van der Waals surface area contributed by atoms with E-state index in [2.05, 4.69) is 20.2 Å². The molecule has 1 aromatic rings. The molecule has 0 spiro atoms. The minimum atomic E-state index is -2.79. The summed E-state index contributed by atoms with van der Waals surface area (Å²) in [5, 5.41) is 3.13. The van der Waals surface area contributed by atoms with Crippen LogP contribution in [0.2, 0.25) is 0 Å². The number of anilines is 1. The molecule has 1 N–H and O–H groups in total. The van der Waals surface area contributed by atoms with Crippen LogP contribution in [0.1, 0.15) is 6.42 Å². The molecule has 0 bridgehead atoms. The van der Waals surface area contributed by atoms with E-state index in [1.807, 2.05) is 0 Å². The molecular weight excluding hydrogens is 280 g/mol. The lowest BCUT2D eigenvalue weighted by Crippen LogP contribution is -2.41. The van der Waals surface area contributed by atoms with Crippen molar-refractivity contribution in [2.45, 2.75) is 6.42 Å². The van der Waals surface area contributed by atoms with Crippen LogP contribution in [0.5, 0.6) is 5.88 Å². The number of hydrogen-bond acceptors (Lipinski definition) is 7. The Balaban J connectivity index is 1.66. The molecule has 0 unspecified atom stereocenters. The van der Waals surface area contributed by atoms with E-state index in [9.17, 15) is 8.42 Å². The Labute approximate surface area is 119 Å². The molecule has 8 heteroatoms. The summed E-state index contributed by atoms with van der Waals surface area (Å²) < 4.78 is 27.6. The first-order valence-electron chi connectivity index (χ1n) is 6.63. The lowest BCUT2D eigenvalue weighted by Gasteiger charge is -2.26. The van der Waals surface area contributed by atoms with E-state index in [0.717, 1.165) is 19.5 Å². The molecule has 2 rings (SSSR count). The summed E-state index contributed by atoms with van der Waals surface area (Å²) >= 11 is 0. The van der Waals surface area contributed by atoms with Crippen LogP contribution in [0.3, 0.4) is 0 Å². The summed E-state index contributed by atoms with van der Waals surface area (Å²) in [5.74, 6) is 1.63. The van der Waals surface area contributed by atoms with Gasteiger partial charge in [0.25, 0.3) is 0 Å². The fourth-order valence-electron chi connectivity index (χ4n) is 2.02. The van der Waals surface area contributed by atoms with Gasteiger partial charge in [-0.3, -0.25) is 0 Å². The van der Waals surface area contributed by atoms with Gasteiger partial charge in [-0.2, -0.15) is 4.98 Å². The van der Waals surface area contributed by atoms with Crippen LogP contribution >= 0.6 is 0 Å². The van der Waals surface area contributed by atoms with Crippen molar-refractivity contribution >= 4 is 15.8 Å². The number of hydrogen-bond donors (Lipinski definition) is 1. The molecule has 112 valence electrons. The molecule has 0 atom stereocenters. The summed E-state index contributed by atoms with van der Waals surface area (Å²) in [4.78, 5) is 10.4. The number of nitrogens with zero attached hydrogens (tertiary/aromatic N) is 3. The quantitative estimate of drug-likeness (QED) is 0.741. The normalized spacial score (nSPS) is 18.6. The lowest BCUT2D eigenvalue weighted by molar-refractivity contribution is 0.294. The van der Waals surface area contributed by atoms with Gasteiger partial charge in [0, 0.05) is 31.9 Å². The molecule has 1 aliphatic rings. The van der Waals surface area contributed by atoms with Crippen molar-refractivity contribution in [3.8, 4) is 5.88 Å². The lowest BCUT2D eigenvalue weighted by atomic mass is 10.3. The number of sulfone groups is 1. The predicted molar refractivity (Wildman–Crippen MR) is 76.8 cm³/mol. The minimum Gasteiger partial charge on any atom is -0.481 e. The Kier molecular flexibility index (Phi) is 5.13. The Morgan fingerprint density at radius 2 is 2.15 bits per heavy atom. The molecule has 0 aromatic carbocycles. The summed E-state index contributed by atoms with van der Waals surface area (Å²) in [5.41, 5.74) is 0. The monoisotopic (exact) mass is 300 g/mol. The number of rotatable bonds is 6. The molecule has 1 aromatic heterocycles. The standard InChI is InChI=1S/C12H20N4O3S/c1-19-11-3-5-14-12(15-11)13-4-2-6-16-7-9-20(17,18)10-8-16/h3,5H,2,4,6-10H2,1H3,(H,13,14,15). The molecule has 0 amide bonds. The third kappa shape index (κ3) is 4.61. The maximum absolute atomic E-state index is 11.3. The maximum Gasteiger partial charge on any atom is 0.225 e. The van der Waals surface area contributed by atoms with Gasteiger partial charge < -0.3 is 15.0 Å². The van der Waals surface area contributed by atoms with Crippen molar-refractivity contribution in [2.75, 3.05) is 50.1 Å². The molecule has 20 heavy (non-hydrogen) atoms. The highest BCUT2D eigenvalue weighted by Gasteiger charge is 2.20. The van der Waals surface area contributed by atoms with Crippen molar-refractivity contribution in [3.63, 3.8) is 0 Å². The van der Waals surface area contributed by atoms with Crippen LogP contribution in [0.25, 0.3) is 0 Å². The number of nitrogens with one attached hydrogen (secondary N) is 1. The molecule has 1 saturated heterocycles. The van der Waals surface area contributed by atoms with Crippen LogP contribution in [-0.4, -0.2) is 68.1 Å². The summed E-state index contributed by atoms with van der Waals surface area (Å²) in [6.07, 6.45) is 2.56. The third-order valence-corrected chi connectivity index (χ3v) is 4.82. The molecule has 1 fully saturated rings. The first-order chi connectivity index (χ1) is 9.59. The minimum absolute atomic E-state index is 0.277. The van der Waals surface area contributed by atoms with Gasteiger partial charge in [0.1, 0.15) is 0 Å². The van der Waals surface area contributed by atoms with Crippen LogP contribution in [-0.2, 0) is 9.84 Å². The zero-order valence-corrected chi connectivity index (χ0v) is 12.4. The van der Waals surface area contributed by atoms with Crippen molar-refractivity contribution < 1.29 is 13.2 Å². The third-order valence-electron chi connectivity index (χ3n) is 3.21. The van der Waals surface area contributed by atoms with Gasteiger partial charge >= 0.3 is 0 Å². The van der Waals surface area contributed by atoms with E-state index in [1.54, 1.807) is 19.4 Å². The van der Waals surface area contributed by atoms with Crippen LogP contribution in [0.15, 0.2) is 12.3 Å². The van der Waals surface area contributed by atoms with Gasteiger partial charge in [-0.15, -0.1) is 0 Å². The largest absolute Gasteiger partial charge is 0.481 e. The summed E-state index contributed by atoms with van der Waals surface area (Å²) in [6, 6.07) is 1.69. The second-order valence-corrected chi connectivity index (χ2v) is 7.00. The van der Waals surface area contributed by atoms with Gasteiger partial charge in [-0.05, 0) is 13.0 Å². The first-order valence-corrected chi connectivity index (χ1v) is 8.45. The summed E-state index contributed by atoms with van der Waals surface area (Å²) in [7, 11) is -1.22. The highest BCUT2D eigenvalue weighted by molar-refractivity contribution is 7.91. The van der Waals surface area contributed by atoms with E-state index in [4.69, 9.17) is 4.74 Å². The van der Waals surface area contributed by atoms with Crippen molar-refractivity contribution in [1.82, 2.24) is 14.9 Å². The van der Waals surface area contributed by atoms with E-state index < -0.39 is 9.84 Å². The van der Waals surface area contributed by atoms with Crippen LogP contribution in [0.4, 0.5) is 5.95 Å². The molecule has 0 radical (unpaired) electrons. The Morgan fingerprint density at radius 1 is 1.40 bits per heavy atom.